The second-order valence-electron chi connectivity index (χ2n) is 7.46. The number of hydrogen-bond donors (Lipinski definition) is 1. The van der Waals surface area contributed by atoms with Crippen molar-refractivity contribution in [2.75, 3.05) is 11.4 Å². The average molecular weight is 444 g/mol. The minimum Gasteiger partial charge on any atom is -0.378 e. The van der Waals surface area contributed by atoms with Crippen molar-refractivity contribution in [1.29, 1.82) is 0 Å². The van der Waals surface area contributed by atoms with Gasteiger partial charge in [0.1, 0.15) is 23.6 Å². The van der Waals surface area contributed by atoms with Crippen LogP contribution in [0.5, 0.6) is 0 Å². The van der Waals surface area contributed by atoms with Crippen molar-refractivity contribution >= 4 is 28.2 Å². The third kappa shape index (κ3) is 4.31. The van der Waals surface area contributed by atoms with Gasteiger partial charge in [0.05, 0.1) is 29.8 Å². The molecule has 1 N–H and O–H groups in total. The predicted octanol–water partition coefficient (Wildman–Crippen LogP) is 3.48. The van der Waals surface area contributed by atoms with Crippen molar-refractivity contribution in [1.82, 2.24) is 24.6 Å². The molecule has 7 nitrogen and oxygen atoms in total. The highest BCUT2D eigenvalue weighted by Crippen LogP contribution is 2.34. The molecule has 32 heavy (non-hydrogen) atoms. The van der Waals surface area contributed by atoms with E-state index in [4.69, 9.17) is 0 Å². The molecule has 164 valence electrons. The molecule has 0 aliphatic rings. The molecule has 3 heterocycles. The number of rotatable bonds is 4. The first kappa shape index (κ1) is 21.5. The van der Waals surface area contributed by atoms with Crippen LogP contribution in [0.25, 0.3) is 16.7 Å². The quantitative estimate of drug-likeness (QED) is 0.384. The van der Waals surface area contributed by atoms with Gasteiger partial charge in [0.2, 0.25) is 0 Å². The number of aromatic nitrogens is 5. The number of pyridine rings is 1. The number of halogens is 4. The van der Waals surface area contributed by atoms with E-state index in [1.165, 1.54) is 36.8 Å². The highest BCUT2D eigenvalue weighted by molar-refractivity contribution is 5.93. The van der Waals surface area contributed by atoms with Crippen LogP contribution in [0.4, 0.5) is 29.1 Å². The summed E-state index contributed by atoms with van der Waals surface area (Å²) in [6.07, 6.45) is 0.682. The number of benzene rings is 1. The molecule has 4 aromatic rings. The van der Waals surface area contributed by atoms with Gasteiger partial charge in [-0.05, 0) is 32.0 Å². The SMILES string of the molecule is CC(C)(O)C#Cc1cc(F)cc(N(CC(F)F)c2nc3nncn3c3cncc(F)c23)c1. The zero-order valence-electron chi connectivity index (χ0n) is 16.9. The van der Waals surface area contributed by atoms with Crippen LogP contribution in [0.15, 0.2) is 36.9 Å². The molecule has 0 saturated heterocycles. The van der Waals surface area contributed by atoms with Crippen molar-refractivity contribution in [3.05, 3.63) is 54.1 Å². The van der Waals surface area contributed by atoms with Gasteiger partial charge in [-0.1, -0.05) is 11.8 Å². The lowest BCUT2D eigenvalue weighted by Crippen LogP contribution is -2.26. The van der Waals surface area contributed by atoms with Crippen molar-refractivity contribution in [3.8, 4) is 11.8 Å². The minimum absolute atomic E-state index is 0.0256. The number of aliphatic hydroxyl groups is 1. The number of nitrogens with zero attached hydrogens (tertiary/aromatic N) is 6. The fourth-order valence-corrected chi connectivity index (χ4v) is 3.13. The van der Waals surface area contributed by atoms with E-state index in [0.717, 1.165) is 23.2 Å². The molecule has 0 bridgehead atoms. The van der Waals surface area contributed by atoms with Gasteiger partial charge in [-0.25, -0.2) is 17.6 Å². The molecule has 0 radical (unpaired) electrons. The second-order valence-corrected chi connectivity index (χ2v) is 7.46. The average Bonchev–Trinajstić information content (AvgIpc) is 3.18. The van der Waals surface area contributed by atoms with Crippen LogP contribution >= 0.6 is 0 Å². The summed E-state index contributed by atoms with van der Waals surface area (Å²) in [5, 5.41) is 17.2. The summed E-state index contributed by atoms with van der Waals surface area (Å²) >= 11 is 0. The number of fused-ring (bicyclic) bond motifs is 3. The van der Waals surface area contributed by atoms with Gasteiger partial charge in [0.25, 0.3) is 12.2 Å². The molecule has 0 aliphatic heterocycles. The molecule has 3 aromatic heterocycles. The summed E-state index contributed by atoms with van der Waals surface area (Å²) in [6, 6.07) is 3.46. The topological polar surface area (TPSA) is 79.4 Å². The Balaban J connectivity index is 1.97. The molecule has 0 unspecified atom stereocenters. The highest BCUT2D eigenvalue weighted by atomic mass is 19.3. The van der Waals surface area contributed by atoms with E-state index in [-0.39, 0.29) is 33.7 Å². The zero-order chi connectivity index (χ0) is 23.0. The Bertz CT molecular complexity index is 1370. The Morgan fingerprint density at radius 2 is 1.97 bits per heavy atom. The van der Waals surface area contributed by atoms with Crippen molar-refractivity contribution < 1.29 is 22.7 Å². The zero-order valence-corrected chi connectivity index (χ0v) is 16.9. The van der Waals surface area contributed by atoms with E-state index in [0.29, 0.717) is 0 Å². The van der Waals surface area contributed by atoms with Crippen LogP contribution in [0, 0.1) is 23.5 Å². The minimum atomic E-state index is -2.86. The summed E-state index contributed by atoms with van der Waals surface area (Å²) < 4.78 is 57.7. The van der Waals surface area contributed by atoms with Crippen LogP contribution in [0.2, 0.25) is 0 Å². The highest BCUT2D eigenvalue weighted by Gasteiger charge is 2.24. The van der Waals surface area contributed by atoms with Gasteiger partial charge in [0.15, 0.2) is 5.82 Å². The predicted molar refractivity (Wildman–Crippen MR) is 109 cm³/mol. The summed E-state index contributed by atoms with van der Waals surface area (Å²) in [4.78, 5) is 9.01. The Morgan fingerprint density at radius 3 is 2.69 bits per heavy atom. The summed E-state index contributed by atoms with van der Waals surface area (Å²) in [5.74, 6) is 3.42. The first-order valence-corrected chi connectivity index (χ1v) is 9.37. The van der Waals surface area contributed by atoms with E-state index >= 15 is 0 Å². The maximum atomic E-state index is 14.8. The van der Waals surface area contributed by atoms with E-state index in [9.17, 15) is 22.7 Å². The molecular formula is C21H16F4N6O. The molecular weight excluding hydrogens is 428 g/mol. The van der Waals surface area contributed by atoms with Crippen molar-refractivity contribution in [2.45, 2.75) is 25.9 Å². The Labute approximate surface area is 179 Å². The number of anilines is 2. The molecule has 4 rings (SSSR count). The molecule has 0 amide bonds. The molecule has 0 atom stereocenters. The van der Waals surface area contributed by atoms with E-state index in [1.54, 1.807) is 0 Å². The molecule has 0 saturated carbocycles. The largest absolute Gasteiger partial charge is 0.378 e. The van der Waals surface area contributed by atoms with Gasteiger partial charge in [-0.3, -0.25) is 9.38 Å². The molecule has 0 spiro atoms. The fraction of sp³-hybridized carbons (Fsp3) is 0.238. The van der Waals surface area contributed by atoms with Gasteiger partial charge in [-0.15, -0.1) is 10.2 Å². The Morgan fingerprint density at radius 1 is 1.19 bits per heavy atom. The van der Waals surface area contributed by atoms with E-state index < -0.39 is 30.2 Å². The summed E-state index contributed by atoms with van der Waals surface area (Å²) in [6.45, 7) is 1.99. The third-order valence-electron chi connectivity index (χ3n) is 4.38. The number of hydrogen-bond acceptors (Lipinski definition) is 6. The summed E-state index contributed by atoms with van der Waals surface area (Å²) in [7, 11) is 0. The van der Waals surface area contributed by atoms with E-state index in [1.807, 2.05) is 0 Å². The Kier molecular flexibility index (Phi) is 5.40. The molecule has 1 aromatic carbocycles. The van der Waals surface area contributed by atoms with Crippen LogP contribution in [0.3, 0.4) is 0 Å². The lowest BCUT2D eigenvalue weighted by Gasteiger charge is -2.25. The molecule has 11 heteroatoms. The fourth-order valence-electron chi connectivity index (χ4n) is 3.13. The lowest BCUT2D eigenvalue weighted by atomic mass is 10.1. The van der Waals surface area contributed by atoms with Crippen molar-refractivity contribution in [3.63, 3.8) is 0 Å². The monoisotopic (exact) mass is 444 g/mol. The van der Waals surface area contributed by atoms with Gasteiger partial charge in [0, 0.05) is 11.3 Å². The molecule has 0 aliphatic carbocycles. The van der Waals surface area contributed by atoms with Crippen molar-refractivity contribution in [2.24, 2.45) is 0 Å². The van der Waals surface area contributed by atoms with Crippen LogP contribution in [0.1, 0.15) is 19.4 Å². The normalized spacial score (nSPS) is 11.8. The first-order valence-electron chi connectivity index (χ1n) is 9.37. The molecule has 0 fully saturated rings. The smallest absolute Gasteiger partial charge is 0.257 e. The maximum Gasteiger partial charge on any atom is 0.257 e. The third-order valence-corrected chi connectivity index (χ3v) is 4.38. The first-order chi connectivity index (χ1) is 15.1. The van der Waals surface area contributed by atoms with Gasteiger partial charge >= 0.3 is 0 Å². The number of alkyl halides is 2. The second kappa shape index (κ2) is 8.05. The maximum absolute atomic E-state index is 14.8. The van der Waals surface area contributed by atoms with Gasteiger partial charge < -0.3 is 10.0 Å². The lowest BCUT2D eigenvalue weighted by molar-refractivity contribution is 0.143. The van der Waals surface area contributed by atoms with Crippen LogP contribution in [-0.4, -0.2) is 48.2 Å². The van der Waals surface area contributed by atoms with Gasteiger partial charge in [-0.2, -0.15) is 4.98 Å². The standard InChI is InChI=1S/C21H16F4N6O/c1-21(2,32)4-3-12-5-13(22)7-14(6-12)30(10-17(24)25)19-18-15(23)8-26-9-16(18)31-11-27-29-20(31)28-19/h5-9,11,17,32H,10H2,1-2H3. The summed E-state index contributed by atoms with van der Waals surface area (Å²) in [5.41, 5.74) is -1.04. The van der Waals surface area contributed by atoms with Crippen LogP contribution < -0.4 is 4.90 Å². The van der Waals surface area contributed by atoms with Crippen LogP contribution in [-0.2, 0) is 0 Å². The van der Waals surface area contributed by atoms with E-state index in [2.05, 4.69) is 32.0 Å². The Hall–Kier alpha value is -3.78.